The van der Waals surface area contributed by atoms with E-state index in [1.807, 2.05) is 0 Å². The fourth-order valence-corrected chi connectivity index (χ4v) is 2.02. The van der Waals surface area contributed by atoms with Crippen LogP contribution in [0.4, 0.5) is 0 Å². The molecule has 0 heterocycles. The van der Waals surface area contributed by atoms with Gasteiger partial charge in [-0.05, 0) is 0 Å². The van der Waals surface area contributed by atoms with E-state index >= 15 is 0 Å². The molecule has 0 spiro atoms. The van der Waals surface area contributed by atoms with Crippen LogP contribution in [0.2, 0.25) is 0 Å². The molecule has 0 aromatic rings. The standard InChI is InChI=1S/C2H7O7PS2/c3-10(8-1-11(4)5)9-2-12(6)7/h10-12H,1-2H2. The molecule has 0 radical (unpaired) electrons. The van der Waals surface area contributed by atoms with Gasteiger partial charge < -0.3 is 0 Å². The quantitative estimate of drug-likeness (QED) is 0.430. The lowest BCUT2D eigenvalue weighted by atomic mass is 11.7. The Kier molecular flexibility index (Phi) is 6.58. The van der Waals surface area contributed by atoms with Crippen molar-refractivity contribution in [1.82, 2.24) is 0 Å². The minimum absolute atomic E-state index is 0.733. The molecule has 0 atom stereocenters. The Morgan fingerprint density at radius 1 is 0.917 bits per heavy atom. The summed E-state index contributed by atoms with van der Waals surface area (Å²) in [4.78, 5) is 0. The predicted octanol–water partition coefficient (Wildman–Crippen LogP) is -1.45. The van der Waals surface area contributed by atoms with Gasteiger partial charge in [-0.15, -0.1) is 0 Å². The van der Waals surface area contributed by atoms with Crippen molar-refractivity contribution in [3.05, 3.63) is 0 Å². The fraction of sp³-hybridized carbons (Fsp3) is 1.00. The van der Waals surface area contributed by atoms with E-state index in [2.05, 4.69) is 9.05 Å². The minimum Gasteiger partial charge on any atom is -0.295 e. The summed E-state index contributed by atoms with van der Waals surface area (Å²) in [5.74, 6) is -1.47. The van der Waals surface area contributed by atoms with E-state index in [0.717, 1.165) is 0 Å². The summed E-state index contributed by atoms with van der Waals surface area (Å²) >= 11 is 0. The molecule has 0 aliphatic rings. The van der Waals surface area contributed by atoms with Gasteiger partial charge in [0.05, 0.1) is 0 Å². The van der Waals surface area contributed by atoms with Gasteiger partial charge in [0.1, 0.15) is 0 Å². The number of hydrogen-bond acceptors (Lipinski definition) is 7. The van der Waals surface area contributed by atoms with Gasteiger partial charge in [0.25, 0.3) is 0 Å². The molecule has 0 aliphatic carbocycles. The van der Waals surface area contributed by atoms with Gasteiger partial charge in [-0.2, -0.15) is 0 Å². The van der Waals surface area contributed by atoms with Crippen LogP contribution in [-0.4, -0.2) is 28.7 Å². The first kappa shape index (κ1) is 12.0. The van der Waals surface area contributed by atoms with Crippen LogP contribution < -0.4 is 0 Å². The third kappa shape index (κ3) is 8.15. The van der Waals surface area contributed by atoms with Crippen molar-refractivity contribution in [2.24, 2.45) is 0 Å². The van der Waals surface area contributed by atoms with Gasteiger partial charge in [-0.3, -0.25) is 13.6 Å². The van der Waals surface area contributed by atoms with Gasteiger partial charge in [0.15, 0.2) is 33.3 Å². The Bertz CT molecular complexity index is 246. The highest BCUT2D eigenvalue weighted by Gasteiger charge is 2.00. The van der Waals surface area contributed by atoms with E-state index in [1.54, 1.807) is 0 Å². The smallest absolute Gasteiger partial charge is 0.295 e. The van der Waals surface area contributed by atoms with Crippen LogP contribution in [0.25, 0.3) is 0 Å². The second-order valence-corrected chi connectivity index (χ2v) is 4.39. The molecular formula is C2H7O7PS2. The molecule has 12 heavy (non-hydrogen) atoms. The molecule has 74 valence electrons. The van der Waals surface area contributed by atoms with Gasteiger partial charge in [0.2, 0.25) is 0 Å². The zero-order chi connectivity index (χ0) is 9.56. The van der Waals surface area contributed by atoms with E-state index in [4.69, 9.17) is 0 Å². The Morgan fingerprint density at radius 3 is 1.50 bits per heavy atom. The average molecular weight is 238 g/mol. The monoisotopic (exact) mass is 238 g/mol. The topological polar surface area (TPSA) is 104 Å². The van der Waals surface area contributed by atoms with Gasteiger partial charge in [0, 0.05) is 0 Å². The SMILES string of the molecule is O=[PH](OC[SH](=O)=O)OC[SH](=O)=O. The van der Waals surface area contributed by atoms with E-state index in [1.165, 1.54) is 0 Å². The van der Waals surface area contributed by atoms with Crippen LogP contribution in [0.1, 0.15) is 0 Å². The van der Waals surface area contributed by atoms with Crippen LogP contribution in [0, 0.1) is 0 Å². The molecule has 0 aromatic carbocycles. The first-order valence-electron chi connectivity index (χ1n) is 2.55. The highest BCUT2D eigenvalue weighted by molar-refractivity contribution is 7.72. The molecule has 0 fully saturated rings. The van der Waals surface area contributed by atoms with E-state index in [-0.39, 0.29) is 0 Å². The summed E-state index contributed by atoms with van der Waals surface area (Å²) in [5, 5.41) is 0. The van der Waals surface area contributed by atoms with Gasteiger partial charge >= 0.3 is 8.25 Å². The molecule has 0 bridgehead atoms. The maximum atomic E-state index is 10.5. The zero-order valence-corrected chi connectivity index (χ0v) is 8.46. The number of hydrogen-bond donors (Lipinski definition) is 2. The van der Waals surface area contributed by atoms with Crippen molar-refractivity contribution < 1.29 is 30.4 Å². The summed E-state index contributed by atoms with van der Waals surface area (Å²) in [6, 6.07) is 0. The summed E-state index contributed by atoms with van der Waals surface area (Å²) < 4.78 is 58.1. The van der Waals surface area contributed by atoms with Crippen LogP contribution in [0.5, 0.6) is 0 Å². The van der Waals surface area contributed by atoms with Gasteiger partial charge in [-0.1, -0.05) is 0 Å². The summed E-state index contributed by atoms with van der Waals surface area (Å²) in [5.41, 5.74) is 0. The molecule has 0 aromatic heterocycles. The Morgan fingerprint density at radius 2 is 1.25 bits per heavy atom. The van der Waals surface area contributed by atoms with Crippen molar-refractivity contribution in [1.29, 1.82) is 0 Å². The van der Waals surface area contributed by atoms with E-state index in [0.29, 0.717) is 0 Å². The first-order valence-corrected chi connectivity index (χ1v) is 6.50. The molecule has 10 heteroatoms. The molecule has 7 nitrogen and oxygen atoms in total. The third-order valence-corrected chi connectivity index (χ3v) is 2.50. The summed E-state index contributed by atoms with van der Waals surface area (Å²) in [7, 11) is -8.57. The first-order chi connectivity index (χ1) is 5.52. The second-order valence-electron chi connectivity index (χ2n) is 1.46. The largest absolute Gasteiger partial charge is 0.321 e. The third-order valence-electron chi connectivity index (χ3n) is 0.576. The Hall–Kier alpha value is 0.0500. The maximum absolute atomic E-state index is 10.5. The average Bonchev–Trinajstić information content (AvgIpc) is 1.96. The van der Waals surface area contributed by atoms with Crippen LogP contribution in [-0.2, 0) is 35.0 Å². The summed E-state index contributed by atoms with van der Waals surface area (Å²) in [6.45, 7) is 0. The van der Waals surface area contributed by atoms with Crippen molar-refractivity contribution in [2.45, 2.75) is 0 Å². The minimum atomic E-state index is -3.00. The lowest BCUT2D eigenvalue weighted by Gasteiger charge is -1.97. The van der Waals surface area contributed by atoms with Crippen LogP contribution in [0.15, 0.2) is 0 Å². The van der Waals surface area contributed by atoms with Crippen molar-refractivity contribution in [2.75, 3.05) is 11.9 Å². The van der Waals surface area contributed by atoms with Crippen molar-refractivity contribution >= 4 is 29.7 Å². The van der Waals surface area contributed by atoms with E-state index < -0.39 is 41.5 Å². The predicted molar refractivity (Wildman–Crippen MR) is 41.5 cm³/mol. The lowest BCUT2D eigenvalue weighted by Crippen LogP contribution is -1.92. The number of thiol groups is 2. The Balaban J connectivity index is 3.60. The fourth-order valence-electron chi connectivity index (χ4n) is 0.252. The molecule has 0 saturated carbocycles. The highest BCUT2D eigenvalue weighted by atomic mass is 32.2. The molecule has 0 rings (SSSR count). The maximum Gasteiger partial charge on any atom is 0.321 e. The normalized spacial score (nSPS) is 11.6. The molecular weight excluding hydrogens is 231 g/mol. The molecule has 0 saturated heterocycles. The van der Waals surface area contributed by atoms with Crippen LogP contribution in [0.3, 0.4) is 0 Å². The molecule has 0 aliphatic heterocycles. The van der Waals surface area contributed by atoms with Crippen LogP contribution >= 0.6 is 8.25 Å². The Labute approximate surface area is 72.5 Å². The van der Waals surface area contributed by atoms with Crippen molar-refractivity contribution in [3.63, 3.8) is 0 Å². The molecule has 0 N–H and O–H groups in total. The molecule has 0 unspecified atom stereocenters. The lowest BCUT2D eigenvalue weighted by molar-refractivity contribution is 0.278. The van der Waals surface area contributed by atoms with E-state index in [9.17, 15) is 21.4 Å². The second kappa shape index (κ2) is 6.55. The zero-order valence-electron chi connectivity index (χ0n) is 5.67. The summed E-state index contributed by atoms with van der Waals surface area (Å²) in [6.07, 6.45) is 0. The number of rotatable bonds is 6. The van der Waals surface area contributed by atoms with Crippen molar-refractivity contribution in [3.8, 4) is 0 Å². The van der Waals surface area contributed by atoms with Gasteiger partial charge in [-0.25, -0.2) is 16.8 Å². The highest BCUT2D eigenvalue weighted by Crippen LogP contribution is 2.22. The molecule has 0 amide bonds.